The van der Waals surface area contributed by atoms with E-state index < -0.39 is 0 Å². The summed E-state index contributed by atoms with van der Waals surface area (Å²) in [6, 6.07) is 0. The van der Waals surface area contributed by atoms with Crippen molar-refractivity contribution in [1.82, 2.24) is 0 Å². The summed E-state index contributed by atoms with van der Waals surface area (Å²) >= 11 is 0. The quantitative estimate of drug-likeness (QED) is 0.521. The van der Waals surface area contributed by atoms with Crippen LogP contribution in [0.5, 0.6) is 0 Å². The van der Waals surface area contributed by atoms with Gasteiger partial charge in [-0.1, -0.05) is 0 Å². The minimum atomic E-state index is 0. The third kappa shape index (κ3) is 12.2. The van der Waals surface area contributed by atoms with Gasteiger partial charge in [0.1, 0.15) is 0 Å². The van der Waals surface area contributed by atoms with Crippen molar-refractivity contribution in [2.75, 3.05) is 13.1 Å². The summed E-state index contributed by atoms with van der Waals surface area (Å²) < 4.78 is 0. The van der Waals surface area contributed by atoms with Crippen molar-refractivity contribution in [3.8, 4) is 0 Å². The topological polar surface area (TPSA) is 47.6 Å². The van der Waals surface area contributed by atoms with E-state index in [9.17, 15) is 0 Å². The molecule has 3 heteroatoms. The second-order valence-corrected chi connectivity index (χ2v) is 0.500. The van der Waals surface area contributed by atoms with E-state index in [4.69, 9.17) is 11.5 Å². The van der Waals surface area contributed by atoms with Gasteiger partial charge in [0.2, 0.25) is 0 Å². The smallest absolute Gasteiger partial charge is 0.679 e. The molecule has 0 aliphatic rings. The summed E-state index contributed by atoms with van der Waals surface area (Å²) in [5, 5.41) is 0. The maximum atomic E-state index is 6.26. The molecule has 0 aliphatic heterocycles. The first-order valence-corrected chi connectivity index (χ1v) is 1.21. The zero-order valence-electron chi connectivity index (χ0n) is 2.73. The van der Waals surface area contributed by atoms with Gasteiger partial charge in [-0.15, -0.1) is 0 Å². The molecular weight excluding hydrogens is 158 g/mol. The van der Waals surface area contributed by atoms with Crippen molar-refractivity contribution < 1.29 is 20.4 Å². The standard InChI is InChI=1S/C2H6N2.Pd/c3-1-2-4;/h3-4H,1-2H2;/q-2;+2. The minimum absolute atomic E-state index is 0. The Balaban J connectivity index is 0. The second-order valence-electron chi connectivity index (χ2n) is 0.500. The van der Waals surface area contributed by atoms with E-state index in [1.165, 1.54) is 0 Å². The Bertz CT molecular complexity index is 9.61. The van der Waals surface area contributed by atoms with Gasteiger partial charge in [-0.2, -0.15) is 13.1 Å². The Hall–Kier alpha value is 0.582. The van der Waals surface area contributed by atoms with Crippen LogP contribution in [-0.4, -0.2) is 13.1 Å². The van der Waals surface area contributed by atoms with Crippen molar-refractivity contribution in [2.45, 2.75) is 0 Å². The average molecular weight is 165 g/mol. The summed E-state index contributed by atoms with van der Waals surface area (Å²) in [6.07, 6.45) is 0. The maximum absolute atomic E-state index is 6.26. The normalized spacial score (nSPS) is 6.00. The van der Waals surface area contributed by atoms with Crippen molar-refractivity contribution in [3.05, 3.63) is 11.5 Å². The van der Waals surface area contributed by atoms with Gasteiger partial charge in [-0.3, -0.25) is 0 Å². The number of rotatable bonds is 1. The summed E-state index contributed by atoms with van der Waals surface area (Å²) in [6.45, 7) is 0.472. The minimum Gasteiger partial charge on any atom is -0.679 e. The zero-order valence-corrected chi connectivity index (χ0v) is 4.29. The third-order valence-corrected chi connectivity index (χ3v) is 0.125. The molecule has 34 valence electrons. The molecule has 0 aromatic heterocycles. The Morgan fingerprint density at radius 2 is 1.20 bits per heavy atom. The molecule has 0 spiro atoms. The van der Waals surface area contributed by atoms with Gasteiger partial charge in [0.25, 0.3) is 0 Å². The third-order valence-electron chi connectivity index (χ3n) is 0.125. The van der Waals surface area contributed by atoms with Crippen molar-refractivity contribution in [2.24, 2.45) is 0 Å². The van der Waals surface area contributed by atoms with E-state index in [-0.39, 0.29) is 33.5 Å². The van der Waals surface area contributed by atoms with Crippen molar-refractivity contribution in [1.29, 1.82) is 0 Å². The maximum Gasteiger partial charge on any atom is 2.00 e. The SMILES string of the molecule is [NH-]CC[NH-].[Pd+2]. The number of hydrogen-bond acceptors (Lipinski definition) is 0. The molecule has 2 N–H and O–H groups in total. The van der Waals surface area contributed by atoms with Crippen LogP contribution in [0.1, 0.15) is 0 Å². The molecule has 2 nitrogen and oxygen atoms in total. The van der Waals surface area contributed by atoms with Crippen molar-refractivity contribution in [3.63, 3.8) is 0 Å². The molecule has 0 saturated heterocycles. The van der Waals surface area contributed by atoms with E-state index in [2.05, 4.69) is 0 Å². The fraction of sp³-hybridized carbons (Fsp3) is 1.00. The molecule has 0 atom stereocenters. The van der Waals surface area contributed by atoms with Gasteiger partial charge < -0.3 is 11.5 Å². The van der Waals surface area contributed by atoms with E-state index in [1.54, 1.807) is 0 Å². The number of hydrogen-bond donors (Lipinski definition) is 0. The zero-order chi connectivity index (χ0) is 3.41. The molecule has 0 fully saturated rings. The molecule has 0 heterocycles. The summed E-state index contributed by atoms with van der Waals surface area (Å²) in [4.78, 5) is 0. The van der Waals surface area contributed by atoms with E-state index in [0.29, 0.717) is 0 Å². The molecule has 0 bridgehead atoms. The summed E-state index contributed by atoms with van der Waals surface area (Å²) in [7, 11) is 0. The van der Waals surface area contributed by atoms with Crippen LogP contribution >= 0.6 is 0 Å². The van der Waals surface area contributed by atoms with E-state index in [0.717, 1.165) is 0 Å². The predicted octanol–water partition coefficient (Wildman–Crippen LogP) is 1.09. The summed E-state index contributed by atoms with van der Waals surface area (Å²) in [5.41, 5.74) is 12.5. The average Bonchev–Trinajstić information content (AvgIpc) is 1.37. The fourth-order valence-electron chi connectivity index (χ4n) is 0. The first kappa shape index (κ1) is 9.13. The van der Waals surface area contributed by atoms with Crippen LogP contribution in [0.15, 0.2) is 0 Å². The Morgan fingerprint density at radius 3 is 1.20 bits per heavy atom. The first-order valence-electron chi connectivity index (χ1n) is 1.21. The van der Waals surface area contributed by atoms with Gasteiger partial charge in [-0.25, -0.2) is 0 Å². The molecule has 0 rings (SSSR count). The Morgan fingerprint density at radius 1 is 1.00 bits per heavy atom. The van der Waals surface area contributed by atoms with Crippen molar-refractivity contribution >= 4 is 0 Å². The molecule has 0 aromatic rings. The van der Waals surface area contributed by atoms with Gasteiger partial charge in [0.15, 0.2) is 0 Å². The summed E-state index contributed by atoms with van der Waals surface area (Å²) in [5.74, 6) is 0. The molecule has 0 aliphatic carbocycles. The Labute approximate surface area is 45.6 Å². The first-order chi connectivity index (χ1) is 1.91. The van der Waals surface area contributed by atoms with E-state index in [1.807, 2.05) is 0 Å². The van der Waals surface area contributed by atoms with Gasteiger partial charge >= 0.3 is 20.4 Å². The molecule has 0 unspecified atom stereocenters. The fourth-order valence-corrected chi connectivity index (χ4v) is 0. The molecule has 5 heavy (non-hydrogen) atoms. The Kier molecular flexibility index (Phi) is 16.1. The molecule has 0 saturated carbocycles. The van der Waals surface area contributed by atoms with E-state index >= 15 is 0 Å². The van der Waals surface area contributed by atoms with Crippen LogP contribution in [0.25, 0.3) is 11.5 Å². The molecular formula is C2H6N2Pd. The monoisotopic (exact) mass is 164 g/mol. The van der Waals surface area contributed by atoms with Gasteiger partial charge in [0.05, 0.1) is 0 Å². The largest absolute Gasteiger partial charge is 2.00 e. The predicted molar refractivity (Wildman–Crippen MR) is 18.4 cm³/mol. The van der Waals surface area contributed by atoms with Crippen LogP contribution in [-0.2, 0) is 20.4 Å². The van der Waals surface area contributed by atoms with Crippen LogP contribution < -0.4 is 0 Å². The molecule has 0 amide bonds. The van der Waals surface area contributed by atoms with Crippen LogP contribution in [0.4, 0.5) is 0 Å². The molecule has 0 radical (unpaired) electrons. The van der Waals surface area contributed by atoms with Gasteiger partial charge in [-0.05, 0) is 0 Å². The van der Waals surface area contributed by atoms with Gasteiger partial charge in [0, 0.05) is 0 Å². The van der Waals surface area contributed by atoms with Crippen LogP contribution in [0.2, 0.25) is 0 Å². The number of nitrogens with one attached hydrogen (secondary N) is 2. The molecule has 0 aromatic carbocycles. The van der Waals surface area contributed by atoms with Crippen LogP contribution in [0, 0.1) is 0 Å². The second kappa shape index (κ2) is 8.82. The van der Waals surface area contributed by atoms with Crippen LogP contribution in [0.3, 0.4) is 0 Å².